The molecule has 6 heteroatoms. The highest BCUT2D eigenvalue weighted by Crippen LogP contribution is 2.25. The van der Waals surface area contributed by atoms with Gasteiger partial charge in [-0.1, -0.05) is 0 Å². The summed E-state index contributed by atoms with van der Waals surface area (Å²) < 4.78 is 11.9. The highest BCUT2D eigenvalue weighted by atomic mass is 16.5. The lowest BCUT2D eigenvalue weighted by molar-refractivity contribution is -0.144. The van der Waals surface area contributed by atoms with Crippen LogP contribution >= 0.6 is 0 Å². The quantitative estimate of drug-likeness (QED) is 0.688. The van der Waals surface area contributed by atoms with Gasteiger partial charge in [-0.3, -0.25) is 0 Å². The molecule has 1 aromatic rings. The maximum absolute atomic E-state index is 11.5. The molecule has 0 unspecified atom stereocenters. The van der Waals surface area contributed by atoms with Crippen molar-refractivity contribution in [3.8, 4) is 0 Å². The van der Waals surface area contributed by atoms with E-state index in [4.69, 9.17) is 9.47 Å². The molecule has 0 saturated carbocycles. The van der Waals surface area contributed by atoms with Gasteiger partial charge in [-0.2, -0.15) is 0 Å². The average molecular weight is 225 g/mol. The van der Waals surface area contributed by atoms with Crippen molar-refractivity contribution in [3.63, 3.8) is 0 Å². The second kappa shape index (κ2) is 4.13. The second-order valence-electron chi connectivity index (χ2n) is 3.80. The zero-order valence-corrected chi connectivity index (χ0v) is 9.64. The van der Waals surface area contributed by atoms with Crippen molar-refractivity contribution in [2.75, 3.05) is 25.8 Å². The van der Waals surface area contributed by atoms with Gasteiger partial charge in [0.2, 0.25) is 0 Å². The van der Waals surface area contributed by atoms with E-state index >= 15 is 0 Å². The largest absolute Gasteiger partial charge is 0.467 e. The lowest BCUT2D eigenvalue weighted by Crippen LogP contribution is -2.28. The number of esters is 1. The summed E-state index contributed by atoms with van der Waals surface area (Å²) in [6, 6.07) is -0.378. The monoisotopic (exact) mass is 225 g/mol. The molecule has 1 atom stereocenters. The maximum Gasteiger partial charge on any atom is 0.328 e. The summed E-state index contributed by atoms with van der Waals surface area (Å²) >= 11 is 0. The number of aromatic nitrogens is 2. The third kappa shape index (κ3) is 1.65. The molecule has 16 heavy (non-hydrogen) atoms. The number of methoxy groups -OCH3 is 1. The second-order valence-corrected chi connectivity index (χ2v) is 3.80. The molecule has 2 rings (SSSR count). The Morgan fingerprint density at radius 2 is 2.44 bits per heavy atom. The molecule has 0 bridgehead atoms. The summed E-state index contributed by atoms with van der Waals surface area (Å²) in [5.74, 6) is 0.579. The Labute approximate surface area is 93.8 Å². The highest BCUT2D eigenvalue weighted by Gasteiger charge is 2.25. The van der Waals surface area contributed by atoms with Crippen molar-refractivity contribution in [2.24, 2.45) is 0 Å². The van der Waals surface area contributed by atoms with Crippen LogP contribution in [0, 0.1) is 0 Å². The van der Waals surface area contributed by atoms with E-state index in [-0.39, 0.29) is 12.0 Å². The van der Waals surface area contributed by atoms with Gasteiger partial charge >= 0.3 is 5.97 Å². The van der Waals surface area contributed by atoms with Crippen molar-refractivity contribution in [1.82, 2.24) is 9.55 Å². The number of hydrogen-bond donors (Lipinski definition) is 0. The first-order valence-corrected chi connectivity index (χ1v) is 5.07. The first-order chi connectivity index (χ1) is 7.65. The molecule has 0 radical (unpaired) electrons. The fourth-order valence-electron chi connectivity index (χ4n) is 1.79. The van der Waals surface area contributed by atoms with Crippen LogP contribution in [0.5, 0.6) is 0 Å². The van der Waals surface area contributed by atoms with Crippen molar-refractivity contribution < 1.29 is 14.3 Å². The predicted octanol–water partition coefficient (Wildman–Crippen LogP) is 0.541. The number of carbonyl (C=O) groups excluding carboxylic acids is 1. The Morgan fingerprint density at radius 3 is 3.12 bits per heavy atom. The minimum Gasteiger partial charge on any atom is -0.467 e. The van der Waals surface area contributed by atoms with Crippen LogP contribution in [0.4, 0.5) is 5.82 Å². The van der Waals surface area contributed by atoms with Crippen LogP contribution in [-0.2, 0) is 20.9 Å². The van der Waals surface area contributed by atoms with E-state index in [1.807, 2.05) is 11.9 Å². The zero-order chi connectivity index (χ0) is 11.7. The van der Waals surface area contributed by atoms with Crippen LogP contribution in [0.1, 0.15) is 18.7 Å². The fourth-order valence-corrected chi connectivity index (χ4v) is 1.79. The molecule has 2 heterocycles. The van der Waals surface area contributed by atoms with Gasteiger partial charge < -0.3 is 18.9 Å². The Hall–Kier alpha value is -1.56. The van der Waals surface area contributed by atoms with Crippen LogP contribution in [0.3, 0.4) is 0 Å². The lowest BCUT2D eigenvalue weighted by atomic mass is 10.3. The van der Waals surface area contributed by atoms with Crippen LogP contribution in [0.2, 0.25) is 0 Å². The molecule has 0 aromatic carbocycles. The molecule has 6 nitrogen and oxygen atoms in total. The van der Waals surface area contributed by atoms with Gasteiger partial charge in [0, 0.05) is 7.05 Å². The molecule has 1 aliphatic rings. The molecule has 0 amide bonds. The zero-order valence-electron chi connectivity index (χ0n) is 9.64. The number of ether oxygens (including phenoxy) is 2. The number of nitrogens with zero attached hydrogens (tertiary/aromatic N) is 3. The van der Waals surface area contributed by atoms with E-state index < -0.39 is 0 Å². The summed E-state index contributed by atoms with van der Waals surface area (Å²) in [6.45, 7) is 2.78. The topological polar surface area (TPSA) is 56.6 Å². The van der Waals surface area contributed by atoms with Crippen LogP contribution < -0.4 is 4.90 Å². The van der Waals surface area contributed by atoms with Gasteiger partial charge in [-0.15, -0.1) is 0 Å². The summed E-state index contributed by atoms with van der Waals surface area (Å²) in [7, 11) is 3.28. The Kier molecular flexibility index (Phi) is 2.82. The van der Waals surface area contributed by atoms with Crippen LogP contribution in [0.25, 0.3) is 0 Å². The molecule has 88 valence electrons. The van der Waals surface area contributed by atoms with E-state index in [1.165, 1.54) is 7.11 Å². The molecule has 0 fully saturated rings. The highest BCUT2D eigenvalue weighted by molar-refractivity contribution is 5.74. The number of rotatable bonds is 2. The Bertz CT molecular complexity index is 402. The molecule has 1 aliphatic heterocycles. The molecule has 0 spiro atoms. The maximum atomic E-state index is 11.5. The number of carbonyl (C=O) groups is 1. The van der Waals surface area contributed by atoms with E-state index in [9.17, 15) is 4.79 Å². The summed E-state index contributed by atoms with van der Waals surface area (Å²) in [5.41, 5.74) is 0.909. The van der Waals surface area contributed by atoms with Gasteiger partial charge in [0.05, 0.1) is 25.7 Å². The molecule has 0 N–H and O–H groups in total. The SMILES string of the molecule is COC(=O)[C@H](C)n1cnc2c1COCN2C. The third-order valence-corrected chi connectivity index (χ3v) is 2.72. The van der Waals surface area contributed by atoms with Gasteiger partial charge in [-0.05, 0) is 6.92 Å². The normalized spacial score (nSPS) is 16.8. The fraction of sp³-hybridized carbons (Fsp3) is 0.600. The molecular formula is C10H15N3O3. The number of hydrogen-bond acceptors (Lipinski definition) is 5. The van der Waals surface area contributed by atoms with Crippen LogP contribution in [-0.4, -0.2) is 36.4 Å². The minimum atomic E-state index is -0.378. The first-order valence-electron chi connectivity index (χ1n) is 5.07. The van der Waals surface area contributed by atoms with Crippen molar-refractivity contribution in [1.29, 1.82) is 0 Å². The Morgan fingerprint density at radius 1 is 1.69 bits per heavy atom. The Balaban J connectivity index is 2.33. The summed E-state index contributed by atoms with van der Waals surface area (Å²) in [5, 5.41) is 0. The van der Waals surface area contributed by atoms with Gasteiger partial charge in [-0.25, -0.2) is 9.78 Å². The predicted molar refractivity (Wildman–Crippen MR) is 57.0 cm³/mol. The molecule has 0 aliphatic carbocycles. The lowest BCUT2D eigenvalue weighted by Gasteiger charge is -2.25. The third-order valence-electron chi connectivity index (χ3n) is 2.72. The summed E-state index contributed by atoms with van der Waals surface area (Å²) in [6.07, 6.45) is 1.65. The van der Waals surface area contributed by atoms with Crippen molar-refractivity contribution >= 4 is 11.8 Å². The molecule has 1 aromatic heterocycles. The van der Waals surface area contributed by atoms with Crippen LogP contribution in [0.15, 0.2) is 6.33 Å². The number of imidazole rings is 1. The van der Waals surface area contributed by atoms with Gasteiger partial charge in [0.15, 0.2) is 5.82 Å². The first kappa shape index (κ1) is 10.9. The van der Waals surface area contributed by atoms with Gasteiger partial charge in [0.1, 0.15) is 12.8 Å². The average Bonchev–Trinajstić information content (AvgIpc) is 2.72. The van der Waals surface area contributed by atoms with E-state index in [0.29, 0.717) is 13.3 Å². The van der Waals surface area contributed by atoms with E-state index in [0.717, 1.165) is 11.5 Å². The minimum absolute atomic E-state index is 0.284. The van der Waals surface area contributed by atoms with Crippen molar-refractivity contribution in [2.45, 2.75) is 19.6 Å². The standard InChI is InChI=1S/C10H15N3O3/c1-7(10(14)15-3)13-5-11-9-8(13)4-16-6-12(9)2/h5,7H,4,6H2,1-3H3/t7-/m0/s1. The smallest absolute Gasteiger partial charge is 0.328 e. The van der Waals surface area contributed by atoms with Crippen molar-refractivity contribution in [3.05, 3.63) is 12.0 Å². The number of fused-ring (bicyclic) bond motifs is 1. The summed E-state index contributed by atoms with van der Waals surface area (Å²) in [4.78, 5) is 17.6. The number of anilines is 1. The van der Waals surface area contributed by atoms with Gasteiger partial charge in [0.25, 0.3) is 0 Å². The molecular weight excluding hydrogens is 210 g/mol. The molecule has 0 saturated heterocycles. The van der Waals surface area contributed by atoms with E-state index in [2.05, 4.69) is 4.98 Å². The van der Waals surface area contributed by atoms with E-state index in [1.54, 1.807) is 17.8 Å².